The van der Waals surface area contributed by atoms with Crippen LogP contribution in [0.5, 0.6) is 5.75 Å². The number of pyridine rings is 1. The van der Waals surface area contributed by atoms with Crippen molar-refractivity contribution in [2.75, 3.05) is 46.4 Å². The molecule has 0 radical (unpaired) electrons. The molecule has 9 aromatic rings. The maximum atomic E-state index is 15.5. The lowest BCUT2D eigenvalue weighted by molar-refractivity contribution is -0.146. The maximum Gasteiger partial charge on any atom is 0.308 e. The van der Waals surface area contributed by atoms with Gasteiger partial charge in [0.05, 0.1) is 43.3 Å². The second-order valence-corrected chi connectivity index (χ2v) is 30.0. The molecule has 99 heavy (non-hydrogen) atoms. The Bertz CT molecular complexity index is 4410. The van der Waals surface area contributed by atoms with Gasteiger partial charge < -0.3 is 56.5 Å². The van der Waals surface area contributed by atoms with Crippen LogP contribution in [-0.2, 0) is 25.5 Å². The van der Waals surface area contributed by atoms with Gasteiger partial charge in [-0.2, -0.15) is 0 Å². The van der Waals surface area contributed by atoms with E-state index < -0.39 is 78.2 Å². The predicted octanol–water partition coefficient (Wildman–Crippen LogP) is 9.01. The molecule has 8 N–H and O–H groups in total. The number of ether oxygens (including phenoxy) is 2. The average molecular weight is 1450 g/mol. The number of carbonyl (C=O) groups excluding carboxylic acids is 7. The first kappa shape index (κ1) is 70.2. The molecular weight excluding hydrogens is 1380 g/mol. The number of nitrogens with zero attached hydrogens (tertiary/aromatic N) is 9. The number of aromatic nitrogens is 7. The smallest absolute Gasteiger partial charge is 0.308 e. The Hall–Kier alpha value is -8.66. The van der Waals surface area contributed by atoms with Crippen LogP contribution in [0.15, 0.2) is 93.6 Å². The van der Waals surface area contributed by atoms with E-state index in [-0.39, 0.29) is 69.5 Å². The molecule has 516 valence electrons. The molecule has 7 aromatic heterocycles. The number of hydrogen-bond acceptors (Lipinski definition) is 25. The van der Waals surface area contributed by atoms with Crippen LogP contribution in [0.3, 0.4) is 0 Å². The molecule has 1 aliphatic carbocycles. The first-order chi connectivity index (χ1) is 47.8. The molecule has 2 fully saturated rings. The van der Waals surface area contributed by atoms with Gasteiger partial charge in [-0.25, -0.2) is 34.9 Å². The highest BCUT2D eigenvalue weighted by atomic mass is 32.1. The zero-order chi connectivity index (χ0) is 69.6. The molecule has 3 aliphatic rings. The van der Waals surface area contributed by atoms with E-state index in [4.69, 9.17) is 45.1 Å². The molecule has 2 aliphatic heterocycles. The highest BCUT2D eigenvalue weighted by Crippen LogP contribution is 2.43. The van der Waals surface area contributed by atoms with Crippen molar-refractivity contribution in [2.24, 2.45) is 23.5 Å². The molecule has 7 atom stereocenters. The molecule has 0 unspecified atom stereocenters. The number of likely N-dealkylation sites (N-methyl/N-ethyl adjacent to an activating group) is 1. The number of nitrogens with one attached hydrogen (secondary N) is 4. The number of amides is 6. The summed E-state index contributed by atoms with van der Waals surface area (Å²) in [4.78, 5) is 136. The fourth-order valence-corrected chi connectivity index (χ4v) is 17.6. The van der Waals surface area contributed by atoms with Gasteiger partial charge in [-0.3, -0.25) is 33.6 Å². The van der Waals surface area contributed by atoms with Crippen molar-refractivity contribution in [1.82, 2.24) is 66.0 Å². The van der Waals surface area contributed by atoms with Crippen LogP contribution < -0.4 is 31.7 Å². The van der Waals surface area contributed by atoms with Gasteiger partial charge in [-0.05, 0) is 87.0 Å². The van der Waals surface area contributed by atoms with E-state index in [1.54, 1.807) is 65.0 Å². The summed E-state index contributed by atoms with van der Waals surface area (Å²) in [6.45, 7) is 11.0. The van der Waals surface area contributed by atoms with Gasteiger partial charge in [0, 0.05) is 69.3 Å². The molecule has 9 heterocycles. The molecule has 6 amide bonds. The summed E-state index contributed by atoms with van der Waals surface area (Å²) in [5.41, 5.74) is 9.09. The van der Waals surface area contributed by atoms with Crippen LogP contribution in [0.1, 0.15) is 150 Å². The first-order valence-corrected chi connectivity index (χ1v) is 37.5. The average Bonchev–Trinajstić information content (AvgIpc) is 1.65. The minimum Gasteiger partial charge on any atom is -0.492 e. The van der Waals surface area contributed by atoms with Gasteiger partial charge in [0.1, 0.15) is 100 Å². The van der Waals surface area contributed by atoms with Crippen molar-refractivity contribution in [3.05, 3.63) is 147 Å². The SMILES string of the molecule is CCN(CC)CCOc1ccc(C[C@@H]2NC(=O)c3csc(n3)[C@H]([C@H](O)c3ccccc3)NC(=O)c3nc(sc3C)[C@H](CC(N)=O)NC(=O)c3csc(n3)-c3ccc(-c4nc(C(=O)NC[C@H]5CC[C@H](C(=O)OC)CC5)cs4)nc3-c3csc(n3)-c3csc(n3)[C@@H]3[C@@H](C)[C@@H](O)CN3C2=O)cc1. The zero-order valence-corrected chi connectivity index (χ0v) is 59.4. The largest absolute Gasteiger partial charge is 0.492 e. The van der Waals surface area contributed by atoms with E-state index in [2.05, 4.69) is 45.0 Å². The molecule has 31 heteroatoms. The second-order valence-electron chi connectivity index (χ2n) is 24.4. The van der Waals surface area contributed by atoms with Crippen LogP contribution in [0.25, 0.3) is 43.4 Å². The maximum absolute atomic E-state index is 15.5. The van der Waals surface area contributed by atoms with Crippen LogP contribution in [-0.4, -0.2) is 155 Å². The molecule has 2 aromatic carbocycles. The van der Waals surface area contributed by atoms with Gasteiger partial charge in [0.25, 0.3) is 23.6 Å². The van der Waals surface area contributed by atoms with Crippen LogP contribution in [0.2, 0.25) is 0 Å². The number of aliphatic hydroxyl groups excluding tert-OH is 2. The number of primary amides is 1. The summed E-state index contributed by atoms with van der Waals surface area (Å²) in [5.74, 6) is -3.79. The molecule has 12 rings (SSSR count). The summed E-state index contributed by atoms with van der Waals surface area (Å²) in [5, 5.41) is 46.1. The Morgan fingerprint density at radius 3 is 2.10 bits per heavy atom. The number of benzene rings is 2. The van der Waals surface area contributed by atoms with Crippen molar-refractivity contribution in [3.8, 4) is 49.1 Å². The van der Waals surface area contributed by atoms with Crippen molar-refractivity contribution < 1.29 is 53.2 Å². The number of rotatable bonds is 17. The van der Waals surface area contributed by atoms with Gasteiger partial charge in [0.2, 0.25) is 11.8 Å². The molecular formula is C68H72N14O11S6. The number of aryl methyl sites for hydroxylation is 1. The third-order valence-electron chi connectivity index (χ3n) is 17.9. The summed E-state index contributed by atoms with van der Waals surface area (Å²) < 4.78 is 11.0. The Labute approximate surface area is 593 Å². The number of nitrogens with two attached hydrogens (primary N) is 1. The van der Waals surface area contributed by atoms with E-state index in [1.165, 1.54) is 46.5 Å². The van der Waals surface area contributed by atoms with Crippen molar-refractivity contribution in [1.29, 1.82) is 0 Å². The minimum absolute atomic E-state index is 0.0174. The Morgan fingerprint density at radius 2 is 1.36 bits per heavy atom. The topological polar surface area (TPSA) is 349 Å². The monoisotopic (exact) mass is 1450 g/mol. The lowest BCUT2D eigenvalue weighted by Gasteiger charge is -2.29. The number of aliphatic hydroxyl groups is 2. The summed E-state index contributed by atoms with van der Waals surface area (Å²) in [6, 6.07) is 15.1. The molecule has 25 nitrogen and oxygen atoms in total. The van der Waals surface area contributed by atoms with Crippen LogP contribution >= 0.6 is 68.0 Å². The number of thiazole rings is 6. The Kier molecular flexibility index (Phi) is 22.2. The predicted molar refractivity (Wildman–Crippen MR) is 377 cm³/mol. The van der Waals surface area contributed by atoms with Gasteiger partial charge in [-0.15, -0.1) is 68.0 Å². The van der Waals surface area contributed by atoms with Gasteiger partial charge >= 0.3 is 5.97 Å². The van der Waals surface area contributed by atoms with Gasteiger partial charge in [0.15, 0.2) is 0 Å². The van der Waals surface area contributed by atoms with Crippen LogP contribution in [0, 0.1) is 24.7 Å². The van der Waals surface area contributed by atoms with E-state index >= 15 is 4.79 Å². The lowest BCUT2D eigenvalue weighted by atomic mass is 9.82. The van der Waals surface area contributed by atoms with Crippen molar-refractivity contribution in [2.45, 2.75) is 103 Å². The standard InChI is InChI=1S/C68H72N14O11S6/c1-6-81(7-2)23-24-93-40-19-15-36(16-20-40)25-44-67(90)82-28-50(83)34(3)55(82)66-78-49(33-98-66)63-74-45(29-95-63)53-41(21-22-42(71-53)62-76-46(30-96-62)57(86)70-27-37-13-17-39(18-14-37)68(91)92-5)61-75-47(31-94-61)58(87)72-43(26-51(69)84)64-80-52(35(4)99-64)60(89)79-54(56(85)38-11-9-8-10-12-38)65-77-48(32-97-65)59(88)73-44/h8-12,15-16,19-22,29-34,37,39,43-44,50,54-56,83,85H,6-7,13-14,17-18,23-28H2,1-5H3,(H2,69,84)(H,70,86)(H,72,87)(H,73,88)(H,79,89)/t34-,37-,39-,43-,44-,50-,54-,55-,56+/m0/s1. The quantitative estimate of drug-likeness (QED) is 0.0418. The van der Waals surface area contributed by atoms with Crippen LogP contribution in [0.4, 0.5) is 0 Å². The molecule has 10 bridgehead atoms. The minimum atomic E-state index is -1.41. The van der Waals surface area contributed by atoms with E-state index in [9.17, 15) is 39.0 Å². The van der Waals surface area contributed by atoms with Crippen molar-refractivity contribution in [3.63, 3.8) is 0 Å². The molecule has 0 spiro atoms. The number of methoxy groups -OCH3 is 1. The first-order valence-electron chi connectivity index (χ1n) is 32.3. The number of hydrogen-bond donors (Lipinski definition) is 7. The Balaban J connectivity index is 0.907. The fraction of sp³-hybridized carbons (Fsp3) is 0.382. The third kappa shape index (κ3) is 16.0. The Morgan fingerprint density at radius 1 is 0.707 bits per heavy atom. The van der Waals surface area contributed by atoms with E-state index in [0.717, 1.165) is 66.5 Å². The number of esters is 1. The normalized spacial score (nSPS) is 20.9. The zero-order valence-electron chi connectivity index (χ0n) is 54.5. The van der Waals surface area contributed by atoms with E-state index in [1.807, 2.05) is 41.9 Å². The lowest BCUT2D eigenvalue weighted by Crippen LogP contribution is -2.50. The molecule has 1 saturated heterocycles. The van der Waals surface area contributed by atoms with Gasteiger partial charge in [-0.1, -0.05) is 63.2 Å². The van der Waals surface area contributed by atoms with Crippen molar-refractivity contribution >= 4 is 109 Å². The second kappa shape index (κ2) is 31.3. The highest BCUT2D eigenvalue weighted by Gasteiger charge is 2.46. The third-order valence-corrected chi connectivity index (χ3v) is 23.5. The number of carbonyl (C=O) groups is 7. The van der Waals surface area contributed by atoms with E-state index in [0.29, 0.717) is 96.1 Å². The fourth-order valence-electron chi connectivity index (χ4n) is 12.3. The summed E-state index contributed by atoms with van der Waals surface area (Å²) in [6.07, 6.45) is 0.164. The number of fused-ring (bicyclic) bond motifs is 16. The summed E-state index contributed by atoms with van der Waals surface area (Å²) in [7, 11) is 1.39. The summed E-state index contributed by atoms with van der Waals surface area (Å²) >= 11 is 7.04. The molecule has 1 saturated carbocycles. The highest BCUT2D eigenvalue weighted by molar-refractivity contribution is 7.15.